The van der Waals surface area contributed by atoms with Gasteiger partial charge >= 0.3 is 6.09 Å². The van der Waals surface area contributed by atoms with E-state index in [1.807, 2.05) is 42.7 Å². The Bertz CT molecular complexity index is 971. The van der Waals surface area contributed by atoms with E-state index in [1.165, 1.54) is 0 Å². The third kappa shape index (κ3) is 7.77. The Kier molecular flexibility index (Phi) is 9.88. The van der Waals surface area contributed by atoms with Gasteiger partial charge in [0.2, 0.25) is 5.91 Å². The first-order chi connectivity index (χ1) is 18.0. The van der Waals surface area contributed by atoms with Crippen molar-refractivity contribution in [2.45, 2.75) is 70.3 Å². The number of carbonyl (C=O) groups excluding carboxylic acids is 2. The Morgan fingerprint density at radius 1 is 0.895 bits per heavy atom. The largest absolute Gasteiger partial charge is 0.444 e. The Morgan fingerprint density at radius 3 is 2.21 bits per heavy atom. The number of benzene rings is 1. The van der Waals surface area contributed by atoms with Gasteiger partial charge in [-0.1, -0.05) is 29.3 Å². The van der Waals surface area contributed by atoms with E-state index in [2.05, 4.69) is 15.9 Å². The number of amides is 2. The maximum Gasteiger partial charge on any atom is 0.410 e. The first-order valence-electron chi connectivity index (χ1n) is 14.2. The predicted octanol–water partition coefficient (Wildman–Crippen LogP) is 5.28. The van der Waals surface area contributed by atoms with Gasteiger partial charge in [-0.05, 0) is 83.5 Å². The van der Waals surface area contributed by atoms with E-state index in [0.29, 0.717) is 29.7 Å². The molecule has 0 aliphatic carbocycles. The molecule has 3 aliphatic rings. The van der Waals surface area contributed by atoms with Crippen molar-refractivity contribution in [2.24, 2.45) is 0 Å². The first-order valence-corrected chi connectivity index (χ1v) is 15.0. The molecule has 3 saturated heterocycles. The zero-order valence-electron chi connectivity index (χ0n) is 23.3. The van der Waals surface area contributed by atoms with Crippen LogP contribution in [0.25, 0.3) is 0 Å². The smallest absolute Gasteiger partial charge is 0.410 e. The van der Waals surface area contributed by atoms with Crippen molar-refractivity contribution in [1.82, 2.24) is 19.6 Å². The van der Waals surface area contributed by atoms with Crippen LogP contribution in [0.2, 0.25) is 10.0 Å². The molecule has 1 unspecified atom stereocenters. The monoisotopic (exact) mass is 566 g/mol. The second-order valence-corrected chi connectivity index (χ2v) is 13.0. The minimum atomic E-state index is -0.526. The van der Waals surface area contributed by atoms with Crippen LogP contribution >= 0.6 is 23.2 Å². The maximum atomic E-state index is 13.0. The molecule has 2 amide bonds. The molecule has 3 heterocycles. The molecule has 0 aromatic heterocycles. The van der Waals surface area contributed by atoms with E-state index >= 15 is 0 Å². The molecule has 1 aromatic carbocycles. The van der Waals surface area contributed by atoms with Gasteiger partial charge in [0, 0.05) is 57.8 Å². The molecule has 0 radical (unpaired) electrons. The van der Waals surface area contributed by atoms with Gasteiger partial charge in [-0.25, -0.2) is 4.79 Å². The zero-order chi connectivity index (χ0) is 27.3. The number of piperidine rings is 1. The van der Waals surface area contributed by atoms with Crippen LogP contribution in [0.15, 0.2) is 18.2 Å². The highest BCUT2D eigenvalue weighted by molar-refractivity contribution is 6.42. The van der Waals surface area contributed by atoms with E-state index in [4.69, 9.17) is 27.9 Å². The Balaban J connectivity index is 1.35. The van der Waals surface area contributed by atoms with Gasteiger partial charge < -0.3 is 19.4 Å². The summed E-state index contributed by atoms with van der Waals surface area (Å²) < 4.78 is 5.72. The molecular formula is C29H44Cl2N4O3. The summed E-state index contributed by atoms with van der Waals surface area (Å²) >= 11 is 12.7. The summed E-state index contributed by atoms with van der Waals surface area (Å²) in [5, 5.41) is 1.10. The number of likely N-dealkylation sites (tertiary alicyclic amines) is 2. The zero-order valence-corrected chi connectivity index (χ0v) is 24.8. The molecule has 0 bridgehead atoms. The summed E-state index contributed by atoms with van der Waals surface area (Å²) in [5.74, 6) is 0.284. The SMILES string of the molecule is CC(C)(C)OC(=O)N1CCCC(CCCN2CCN(CC(=O)N3CCCC3)CC2)(c2ccc(Cl)c(Cl)c2)C1. The topological polar surface area (TPSA) is 56.3 Å². The van der Waals surface area contributed by atoms with Gasteiger partial charge in [0.15, 0.2) is 0 Å². The van der Waals surface area contributed by atoms with E-state index in [0.717, 1.165) is 89.9 Å². The van der Waals surface area contributed by atoms with Gasteiger partial charge in [0.05, 0.1) is 16.6 Å². The van der Waals surface area contributed by atoms with Gasteiger partial charge in [0.25, 0.3) is 0 Å². The number of carbonyl (C=O) groups is 2. The molecule has 0 saturated carbocycles. The Labute approximate surface area is 238 Å². The van der Waals surface area contributed by atoms with Crippen LogP contribution in [0.3, 0.4) is 0 Å². The second kappa shape index (κ2) is 12.8. The number of halogens is 2. The van der Waals surface area contributed by atoms with Crippen molar-refractivity contribution in [1.29, 1.82) is 0 Å². The van der Waals surface area contributed by atoms with Crippen molar-refractivity contribution in [2.75, 3.05) is 65.4 Å². The van der Waals surface area contributed by atoms with Crippen LogP contribution in [0.4, 0.5) is 4.79 Å². The minimum absolute atomic E-state index is 0.187. The fraction of sp³-hybridized carbons (Fsp3) is 0.724. The van der Waals surface area contributed by atoms with Crippen LogP contribution < -0.4 is 0 Å². The van der Waals surface area contributed by atoms with Crippen molar-refractivity contribution in [3.8, 4) is 0 Å². The van der Waals surface area contributed by atoms with Crippen molar-refractivity contribution in [3.05, 3.63) is 33.8 Å². The number of nitrogens with zero attached hydrogens (tertiary/aromatic N) is 4. The quantitative estimate of drug-likeness (QED) is 0.449. The molecule has 4 rings (SSSR count). The highest BCUT2D eigenvalue weighted by Crippen LogP contribution is 2.41. The second-order valence-electron chi connectivity index (χ2n) is 12.2. The lowest BCUT2D eigenvalue weighted by atomic mass is 9.71. The molecular weight excluding hydrogens is 523 g/mol. The van der Waals surface area contributed by atoms with Crippen LogP contribution in [-0.4, -0.2) is 103 Å². The molecule has 0 spiro atoms. The van der Waals surface area contributed by atoms with Crippen LogP contribution in [0, 0.1) is 0 Å². The normalized spacial score (nSPS) is 23.6. The van der Waals surface area contributed by atoms with E-state index in [9.17, 15) is 9.59 Å². The molecule has 1 aromatic rings. The standard InChI is InChI=1S/C29H44Cl2N4O3/c1-28(2,3)38-27(37)35-15-7-11-29(22-35,23-8-9-24(30)25(31)20-23)10-6-12-32-16-18-33(19-17-32)21-26(36)34-13-4-5-14-34/h8-9,20H,4-7,10-19,21-22H2,1-3H3. The number of hydrogen-bond donors (Lipinski definition) is 0. The summed E-state index contributed by atoms with van der Waals surface area (Å²) in [6.07, 6.45) is 5.92. The number of hydrogen-bond acceptors (Lipinski definition) is 5. The lowest BCUT2D eigenvalue weighted by Gasteiger charge is -2.44. The highest BCUT2D eigenvalue weighted by atomic mass is 35.5. The molecule has 1 atom stereocenters. The Hall–Kier alpha value is -1.54. The van der Waals surface area contributed by atoms with Gasteiger partial charge in [-0.15, -0.1) is 0 Å². The average Bonchev–Trinajstić information content (AvgIpc) is 3.41. The van der Waals surface area contributed by atoms with Gasteiger partial charge in [-0.2, -0.15) is 0 Å². The summed E-state index contributed by atoms with van der Waals surface area (Å²) in [5.41, 5.74) is 0.431. The molecule has 7 nitrogen and oxygen atoms in total. The predicted molar refractivity (Wildman–Crippen MR) is 153 cm³/mol. The van der Waals surface area contributed by atoms with Crippen LogP contribution in [0.5, 0.6) is 0 Å². The summed E-state index contributed by atoms with van der Waals surface area (Å²) in [7, 11) is 0. The lowest BCUT2D eigenvalue weighted by Crippen LogP contribution is -2.51. The van der Waals surface area contributed by atoms with Crippen molar-refractivity contribution in [3.63, 3.8) is 0 Å². The number of ether oxygens (including phenoxy) is 1. The number of piperazine rings is 1. The third-order valence-electron chi connectivity index (χ3n) is 8.17. The summed E-state index contributed by atoms with van der Waals surface area (Å²) in [6.45, 7) is 14.3. The first kappa shape index (κ1) is 29.4. The van der Waals surface area contributed by atoms with E-state index < -0.39 is 5.60 Å². The molecule has 0 N–H and O–H groups in total. The third-order valence-corrected chi connectivity index (χ3v) is 8.91. The van der Waals surface area contributed by atoms with Gasteiger partial charge in [-0.3, -0.25) is 9.69 Å². The average molecular weight is 568 g/mol. The molecule has 9 heteroatoms. The fourth-order valence-electron chi connectivity index (χ4n) is 6.09. The minimum Gasteiger partial charge on any atom is -0.444 e. The fourth-order valence-corrected chi connectivity index (χ4v) is 6.39. The number of rotatable bonds is 7. The summed E-state index contributed by atoms with van der Waals surface area (Å²) in [4.78, 5) is 34.2. The molecule has 38 heavy (non-hydrogen) atoms. The van der Waals surface area contributed by atoms with E-state index in [-0.39, 0.29) is 17.4 Å². The molecule has 3 aliphatic heterocycles. The van der Waals surface area contributed by atoms with Crippen molar-refractivity contribution < 1.29 is 14.3 Å². The van der Waals surface area contributed by atoms with Gasteiger partial charge in [0.1, 0.15) is 5.60 Å². The molecule has 212 valence electrons. The lowest BCUT2D eigenvalue weighted by molar-refractivity contribution is -0.131. The highest BCUT2D eigenvalue weighted by Gasteiger charge is 2.40. The van der Waals surface area contributed by atoms with Crippen LogP contribution in [0.1, 0.15) is 64.9 Å². The van der Waals surface area contributed by atoms with Crippen molar-refractivity contribution >= 4 is 35.2 Å². The molecule has 3 fully saturated rings. The van der Waals surface area contributed by atoms with Crippen LogP contribution in [-0.2, 0) is 14.9 Å². The Morgan fingerprint density at radius 2 is 1.55 bits per heavy atom. The maximum absolute atomic E-state index is 13.0. The summed E-state index contributed by atoms with van der Waals surface area (Å²) in [6, 6.07) is 5.93. The van der Waals surface area contributed by atoms with E-state index in [1.54, 1.807) is 0 Å².